The lowest BCUT2D eigenvalue weighted by atomic mass is 10.0. The second-order valence-electron chi connectivity index (χ2n) is 28.7. The second kappa shape index (κ2) is 68.8. The van der Waals surface area contributed by atoms with Crippen molar-refractivity contribution in [3.05, 3.63) is 0 Å². The van der Waals surface area contributed by atoms with E-state index in [1.807, 2.05) is 0 Å². The molecule has 0 saturated carbocycles. The molecule has 2 unspecified atom stereocenters. The molecule has 5 atom stereocenters. The monoisotopic (exact) mass is 1410 g/mol. The maximum atomic E-state index is 13.1. The summed E-state index contributed by atoms with van der Waals surface area (Å²) in [5, 5.41) is 10.6. The minimum Gasteiger partial charge on any atom is -0.462 e. The van der Waals surface area contributed by atoms with E-state index in [0.29, 0.717) is 25.7 Å². The molecule has 0 aromatic heterocycles. The van der Waals surface area contributed by atoms with Gasteiger partial charge in [0.05, 0.1) is 26.4 Å². The molecule has 0 aliphatic carbocycles. The van der Waals surface area contributed by atoms with Crippen molar-refractivity contribution in [3.63, 3.8) is 0 Å². The Balaban J connectivity index is 5.26. The molecule has 0 amide bonds. The Kier molecular flexibility index (Phi) is 67.4. The molecule has 17 nitrogen and oxygen atoms in total. The van der Waals surface area contributed by atoms with Crippen LogP contribution in [0.5, 0.6) is 0 Å². The van der Waals surface area contributed by atoms with Gasteiger partial charge < -0.3 is 33.8 Å². The van der Waals surface area contributed by atoms with E-state index in [-0.39, 0.29) is 25.7 Å². The molecule has 96 heavy (non-hydrogen) atoms. The van der Waals surface area contributed by atoms with E-state index in [2.05, 4.69) is 41.5 Å². The molecule has 0 fully saturated rings. The quantitative estimate of drug-likeness (QED) is 0.0222. The van der Waals surface area contributed by atoms with Crippen molar-refractivity contribution in [2.75, 3.05) is 39.6 Å². The fourth-order valence-corrected chi connectivity index (χ4v) is 13.4. The van der Waals surface area contributed by atoms with Gasteiger partial charge in [0.25, 0.3) is 0 Å². The van der Waals surface area contributed by atoms with Gasteiger partial charge in [0.2, 0.25) is 0 Å². The first-order valence-corrected chi connectivity index (χ1v) is 43.0. The smallest absolute Gasteiger partial charge is 0.462 e. The number of carbonyl (C=O) groups excluding carboxylic acids is 4. The predicted octanol–water partition coefficient (Wildman–Crippen LogP) is 22.7. The van der Waals surface area contributed by atoms with Crippen LogP contribution >= 0.6 is 15.6 Å². The highest BCUT2D eigenvalue weighted by molar-refractivity contribution is 7.47. The molecular formula is C77H150O17P2. The highest BCUT2D eigenvalue weighted by Crippen LogP contribution is 2.45. The van der Waals surface area contributed by atoms with Gasteiger partial charge in [0.1, 0.15) is 19.3 Å². The minimum absolute atomic E-state index is 0.106. The van der Waals surface area contributed by atoms with Gasteiger partial charge in [-0.05, 0) is 37.5 Å². The molecule has 0 aromatic carbocycles. The van der Waals surface area contributed by atoms with Crippen LogP contribution in [0.1, 0.15) is 401 Å². The number of esters is 4. The normalized spacial score (nSPS) is 14.0. The molecule has 0 rings (SSSR count). The number of aliphatic hydroxyl groups excluding tert-OH is 1. The van der Waals surface area contributed by atoms with Gasteiger partial charge in [-0.1, -0.05) is 350 Å². The van der Waals surface area contributed by atoms with Gasteiger partial charge in [-0.3, -0.25) is 37.3 Å². The maximum absolute atomic E-state index is 13.1. The molecule has 570 valence electrons. The number of phosphoric acid groups is 2. The summed E-state index contributed by atoms with van der Waals surface area (Å²) in [5.41, 5.74) is 0. The Morgan fingerprint density at radius 3 is 0.708 bits per heavy atom. The number of phosphoric ester groups is 2. The summed E-state index contributed by atoms with van der Waals surface area (Å²) >= 11 is 0. The zero-order valence-corrected chi connectivity index (χ0v) is 64.5. The number of ether oxygens (including phenoxy) is 4. The van der Waals surface area contributed by atoms with Crippen molar-refractivity contribution in [2.45, 2.75) is 419 Å². The first kappa shape index (κ1) is 94.1. The third-order valence-electron chi connectivity index (χ3n) is 18.0. The van der Waals surface area contributed by atoms with Crippen molar-refractivity contribution in [1.82, 2.24) is 0 Å². The number of carbonyl (C=O) groups is 4. The number of rotatable bonds is 76. The van der Waals surface area contributed by atoms with Crippen LogP contribution in [0, 0.1) is 11.8 Å². The summed E-state index contributed by atoms with van der Waals surface area (Å²) in [5.74, 6) is -0.635. The third kappa shape index (κ3) is 70.5. The zero-order chi connectivity index (χ0) is 70.7. The van der Waals surface area contributed by atoms with Crippen molar-refractivity contribution in [3.8, 4) is 0 Å². The Bertz CT molecular complexity index is 1860. The lowest BCUT2D eigenvalue weighted by Crippen LogP contribution is -2.30. The van der Waals surface area contributed by atoms with Crippen LogP contribution < -0.4 is 0 Å². The van der Waals surface area contributed by atoms with Crippen LogP contribution in [0.4, 0.5) is 0 Å². The molecule has 19 heteroatoms. The molecule has 0 heterocycles. The first-order valence-electron chi connectivity index (χ1n) is 40.0. The number of hydrogen-bond acceptors (Lipinski definition) is 15. The second-order valence-corrected chi connectivity index (χ2v) is 31.6. The molecule has 0 bridgehead atoms. The summed E-state index contributed by atoms with van der Waals surface area (Å²) in [6.45, 7) is 9.57. The minimum atomic E-state index is -4.96. The van der Waals surface area contributed by atoms with Crippen LogP contribution in [0.2, 0.25) is 0 Å². The Morgan fingerprint density at radius 2 is 0.479 bits per heavy atom. The van der Waals surface area contributed by atoms with E-state index in [4.69, 9.17) is 37.0 Å². The van der Waals surface area contributed by atoms with E-state index in [9.17, 15) is 43.2 Å². The molecule has 0 aromatic rings. The van der Waals surface area contributed by atoms with Crippen molar-refractivity contribution in [2.24, 2.45) is 11.8 Å². The highest BCUT2D eigenvalue weighted by Gasteiger charge is 2.30. The Morgan fingerprint density at radius 1 is 0.281 bits per heavy atom. The van der Waals surface area contributed by atoms with Crippen LogP contribution in [0.25, 0.3) is 0 Å². The first-order chi connectivity index (χ1) is 46.4. The average Bonchev–Trinajstić information content (AvgIpc) is 1.25. The summed E-state index contributed by atoms with van der Waals surface area (Å²) < 4.78 is 68.6. The van der Waals surface area contributed by atoms with Crippen molar-refractivity contribution in [1.29, 1.82) is 0 Å². The van der Waals surface area contributed by atoms with E-state index in [1.165, 1.54) is 218 Å². The number of aliphatic hydroxyl groups is 1. The van der Waals surface area contributed by atoms with Crippen LogP contribution in [-0.4, -0.2) is 96.7 Å². The average molecular weight is 1410 g/mol. The van der Waals surface area contributed by atoms with Crippen LogP contribution in [0.15, 0.2) is 0 Å². The van der Waals surface area contributed by atoms with Gasteiger partial charge in [-0.15, -0.1) is 0 Å². The standard InChI is InChI=1S/C77H150O17P2/c1-7-9-11-13-15-17-19-21-23-25-27-29-34-41-47-53-59-74(79)87-65-72(93-76(81)61-55-49-43-35-30-28-26-24-22-20-18-16-14-12-10-8-2)67-91-95(83,84)89-63-71(78)64-90-96(85,86)92-68-73(66-88-75(80)60-54-48-42-38-37-40-46-52-58-70(5)6)94-77(82)62-56-50-44-36-32-31-33-39-45-51-57-69(3)4/h69-73,78H,7-68H2,1-6H3,(H,83,84)(H,85,86)/t71-,72-,73-/m1/s1. The molecule has 0 saturated heterocycles. The number of hydrogen-bond donors (Lipinski definition) is 3. The Labute approximate surface area is 588 Å². The summed E-state index contributed by atoms with van der Waals surface area (Å²) in [6, 6.07) is 0. The van der Waals surface area contributed by atoms with Crippen LogP contribution in [0.3, 0.4) is 0 Å². The van der Waals surface area contributed by atoms with E-state index in [0.717, 1.165) is 102 Å². The fraction of sp³-hybridized carbons (Fsp3) is 0.948. The van der Waals surface area contributed by atoms with E-state index < -0.39 is 97.5 Å². The molecule has 0 aliphatic rings. The molecule has 3 N–H and O–H groups in total. The summed E-state index contributed by atoms with van der Waals surface area (Å²) in [7, 11) is -9.91. The van der Waals surface area contributed by atoms with Gasteiger partial charge in [-0.2, -0.15) is 0 Å². The lowest BCUT2D eigenvalue weighted by Gasteiger charge is -2.21. The molecule has 0 spiro atoms. The maximum Gasteiger partial charge on any atom is 0.472 e. The highest BCUT2D eigenvalue weighted by atomic mass is 31.2. The van der Waals surface area contributed by atoms with Crippen LogP contribution in [-0.2, 0) is 65.4 Å². The van der Waals surface area contributed by atoms with Gasteiger partial charge in [-0.25, -0.2) is 9.13 Å². The molecule has 0 radical (unpaired) electrons. The SMILES string of the molecule is CCCCCCCCCCCCCCCCCCC(=O)OC[C@H](COP(=O)(O)OC[C@@H](O)COP(=O)(O)OC[C@@H](COC(=O)CCCCCCCCCCC(C)C)OC(=O)CCCCCCCCCCCCC(C)C)OC(=O)CCCCCCCCCCCCCCCCCC. The largest absolute Gasteiger partial charge is 0.472 e. The summed E-state index contributed by atoms with van der Waals surface area (Å²) in [4.78, 5) is 72.9. The summed E-state index contributed by atoms with van der Waals surface area (Å²) in [6.07, 6.45) is 56.8. The Hall–Kier alpha value is -1.94. The van der Waals surface area contributed by atoms with Gasteiger partial charge in [0, 0.05) is 25.7 Å². The van der Waals surface area contributed by atoms with E-state index >= 15 is 0 Å². The molecular weight excluding hydrogens is 1260 g/mol. The fourth-order valence-electron chi connectivity index (χ4n) is 11.8. The third-order valence-corrected chi connectivity index (χ3v) is 19.9. The van der Waals surface area contributed by atoms with E-state index in [1.54, 1.807) is 0 Å². The topological polar surface area (TPSA) is 237 Å². The van der Waals surface area contributed by atoms with Crippen molar-refractivity contribution < 1.29 is 80.2 Å². The lowest BCUT2D eigenvalue weighted by molar-refractivity contribution is -0.161. The zero-order valence-electron chi connectivity index (χ0n) is 62.7. The van der Waals surface area contributed by atoms with Gasteiger partial charge in [0.15, 0.2) is 12.2 Å². The predicted molar refractivity (Wildman–Crippen MR) is 391 cm³/mol. The van der Waals surface area contributed by atoms with Crippen molar-refractivity contribution >= 4 is 39.5 Å². The number of unbranched alkanes of at least 4 members (excludes halogenated alkanes) is 46. The van der Waals surface area contributed by atoms with Gasteiger partial charge >= 0.3 is 39.5 Å². The molecule has 0 aliphatic heterocycles.